The summed E-state index contributed by atoms with van der Waals surface area (Å²) in [7, 11) is 1.69. The maximum absolute atomic E-state index is 13.4. The first kappa shape index (κ1) is 20.8. The Balaban J connectivity index is 1.40. The Labute approximate surface area is 185 Å². The highest BCUT2D eigenvalue weighted by Crippen LogP contribution is 2.43. The Morgan fingerprint density at radius 2 is 1.97 bits per heavy atom. The zero-order chi connectivity index (χ0) is 21.4. The van der Waals surface area contributed by atoms with Crippen molar-refractivity contribution < 1.29 is 14.3 Å². The molecule has 2 amide bonds. The van der Waals surface area contributed by atoms with Gasteiger partial charge in [0.05, 0.1) is 7.11 Å². The molecule has 0 spiro atoms. The van der Waals surface area contributed by atoms with E-state index in [2.05, 4.69) is 27.2 Å². The minimum absolute atomic E-state index is 0.168. The number of nitrogens with one attached hydrogen (secondary N) is 1. The second kappa shape index (κ2) is 8.81. The average molecular weight is 426 g/mol. The first-order chi connectivity index (χ1) is 15.1. The molecule has 0 radical (unpaired) electrons. The fourth-order valence-corrected chi connectivity index (χ4v) is 6.59. The molecule has 0 aromatic heterocycles. The summed E-state index contributed by atoms with van der Waals surface area (Å²) in [5, 5.41) is 3.37. The summed E-state index contributed by atoms with van der Waals surface area (Å²) in [6, 6.07) is 8.69. The maximum Gasteiger partial charge on any atom is 0.225 e. The fourth-order valence-electron chi connectivity index (χ4n) is 6.59. The van der Waals surface area contributed by atoms with Crippen LogP contribution in [0.15, 0.2) is 24.3 Å². The molecule has 5 rings (SSSR count). The van der Waals surface area contributed by atoms with Crippen molar-refractivity contribution in [2.24, 2.45) is 17.8 Å². The number of carbonyl (C=O) groups excluding carboxylic acids is 2. The number of amides is 2. The monoisotopic (exact) mass is 425 g/mol. The van der Waals surface area contributed by atoms with Gasteiger partial charge in [-0.05, 0) is 81.1 Å². The van der Waals surface area contributed by atoms with Crippen LogP contribution in [0.1, 0.15) is 44.1 Å². The number of likely N-dealkylation sites (tertiary alicyclic amines) is 1. The molecule has 4 aliphatic rings. The largest absolute Gasteiger partial charge is 0.497 e. The third kappa shape index (κ3) is 4.07. The summed E-state index contributed by atoms with van der Waals surface area (Å²) in [5.74, 6) is 2.48. The lowest BCUT2D eigenvalue weighted by atomic mass is 9.70. The highest BCUT2D eigenvalue weighted by Gasteiger charge is 2.50. The molecule has 1 aromatic rings. The number of rotatable bonds is 4. The molecule has 0 unspecified atom stereocenters. The molecule has 6 nitrogen and oxygen atoms in total. The molecule has 4 aliphatic heterocycles. The molecular formula is C25H35N3O3. The van der Waals surface area contributed by atoms with E-state index < -0.39 is 0 Å². The van der Waals surface area contributed by atoms with Crippen LogP contribution >= 0.6 is 0 Å². The Bertz CT molecular complexity index is 822. The predicted octanol–water partition coefficient (Wildman–Crippen LogP) is 2.47. The fraction of sp³-hybridized carbons (Fsp3) is 0.680. The molecule has 31 heavy (non-hydrogen) atoms. The van der Waals surface area contributed by atoms with E-state index in [1.54, 1.807) is 7.11 Å². The van der Waals surface area contributed by atoms with Crippen LogP contribution in [0.4, 0.5) is 0 Å². The highest BCUT2D eigenvalue weighted by atomic mass is 16.5. The van der Waals surface area contributed by atoms with Crippen LogP contribution in [0.3, 0.4) is 0 Å². The standard InChI is InChI=1S/C25H35N3O3/c1-31-21-5-2-4-17(12-21)13-23-20-14-19(22-6-3-7-24(29)28(22)23)15-27(16-20)25(30)18-8-10-26-11-9-18/h2,4-5,12,18-20,22-23,26H,3,6-11,13-16H2,1H3/t19-,20+,22+,23+/m1/s1. The van der Waals surface area contributed by atoms with Gasteiger partial charge < -0.3 is 19.9 Å². The van der Waals surface area contributed by atoms with Crippen LogP contribution in [0.25, 0.3) is 0 Å². The van der Waals surface area contributed by atoms with Crippen LogP contribution in [0, 0.1) is 17.8 Å². The molecule has 168 valence electrons. The lowest BCUT2D eigenvalue weighted by Crippen LogP contribution is -2.66. The van der Waals surface area contributed by atoms with Gasteiger partial charge in [0, 0.05) is 37.5 Å². The van der Waals surface area contributed by atoms with Crippen LogP contribution in [0.2, 0.25) is 0 Å². The van der Waals surface area contributed by atoms with Crippen molar-refractivity contribution in [3.63, 3.8) is 0 Å². The van der Waals surface area contributed by atoms with Crippen molar-refractivity contribution in [3.05, 3.63) is 29.8 Å². The van der Waals surface area contributed by atoms with Crippen molar-refractivity contribution in [3.8, 4) is 5.75 Å². The van der Waals surface area contributed by atoms with Crippen LogP contribution in [0.5, 0.6) is 5.75 Å². The van der Waals surface area contributed by atoms with E-state index >= 15 is 0 Å². The summed E-state index contributed by atoms with van der Waals surface area (Å²) in [6.45, 7) is 3.52. The summed E-state index contributed by atoms with van der Waals surface area (Å²) in [5.41, 5.74) is 1.21. The van der Waals surface area contributed by atoms with E-state index in [1.807, 2.05) is 12.1 Å². The lowest BCUT2D eigenvalue weighted by molar-refractivity contribution is -0.157. The first-order valence-corrected chi connectivity index (χ1v) is 12.1. The van der Waals surface area contributed by atoms with Gasteiger partial charge in [-0.25, -0.2) is 0 Å². The Morgan fingerprint density at radius 1 is 1.16 bits per heavy atom. The summed E-state index contributed by atoms with van der Waals surface area (Å²) >= 11 is 0. The summed E-state index contributed by atoms with van der Waals surface area (Å²) in [6.07, 6.45) is 6.61. The predicted molar refractivity (Wildman–Crippen MR) is 119 cm³/mol. The SMILES string of the molecule is COc1cccc(C[C@H]2[C@H]3C[C@H](CN(C(=O)C4CCNCC4)C3)[C@@H]3CCCC(=O)N32)c1. The molecule has 4 atom stereocenters. The lowest BCUT2D eigenvalue weighted by Gasteiger charge is -2.57. The van der Waals surface area contributed by atoms with Gasteiger partial charge in [0.15, 0.2) is 0 Å². The van der Waals surface area contributed by atoms with Crippen molar-refractivity contribution in [1.82, 2.24) is 15.1 Å². The maximum atomic E-state index is 13.4. The number of ether oxygens (including phenoxy) is 1. The summed E-state index contributed by atoms with van der Waals surface area (Å²) in [4.78, 5) is 30.8. The van der Waals surface area contributed by atoms with Crippen LogP contribution in [-0.4, -0.2) is 67.0 Å². The molecule has 0 aliphatic carbocycles. The zero-order valence-electron chi connectivity index (χ0n) is 18.6. The molecule has 0 saturated carbocycles. The molecule has 2 bridgehead atoms. The Hall–Kier alpha value is -2.08. The average Bonchev–Trinajstić information content (AvgIpc) is 2.82. The first-order valence-electron chi connectivity index (χ1n) is 12.1. The van der Waals surface area contributed by atoms with E-state index in [1.165, 1.54) is 5.56 Å². The number of methoxy groups -OCH3 is 1. The number of fused-ring (bicyclic) bond motifs is 4. The highest BCUT2D eigenvalue weighted by molar-refractivity contribution is 5.80. The van der Waals surface area contributed by atoms with E-state index in [-0.39, 0.29) is 18.0 Å². The van der Waals surface area contributed by atoms with Gasteiger partial charge in [-0.3, -0.25) is 9.59 Å². The Kier molecular flexibility index (Phi) is 5.91. The second-order valence-electron chi connectivity index (χ2n) is 9.91. The van der Waals surface area contributed by atoms with E-state index in [0.717, 1.165) is 70.5 Å². The van der Waals surface area contributed by atoms with Gasteiger partial charge in [0.25, 0.3) is 0 Å². The van der Waals surface area contributed by atoms with Crippen molar-refractivity contribution in [1.29, 1.82) is 0 Å². The zero-order valence-corrected chi connectivity index (χ0v) is 18.6. The van der Waals surface area contributed by atoms with Gasteiger partial charge >= 0.3 is 0 Å². The van der Waals surface area contributed by atoms with E-state index in [9.17, 15) is 9.59 Å². The number of piperidine rings is 4. The molecule has 1 N–H and O–H groups in total. The quantitative estimate of drug-likeness (QED) is 0.805. The molecule has 6 heteroatoms. The van der Waals surface area contributed by atoms with E-state index in [4.69, 9.17) is 4.74 Å². The molecule has 4 fully saturated rings. The molecular weight excluding hydrogens is 390 g/mol. The number of hydrogen-bond donors (Lipinski definition) is 1. The summed E-state index contributed by atoms with van der Waals surface area (Å²) < 4.78 is 5.43. The van der Waals surface area contributed by atoms with Gasteiger partial charge in [0.2, 0.25) is 11.8 Å². The number of benzene rings is 1. The number of carbonyl (C=O) groups is 2. The van der Waals surface area contributed by atoms with Crippen molar-refractivity contribution in [2.45, 2.75) is 57.0 Å². The van der Waals surface area contributed by atoms with Crippen LogP contribution in [-0.2, 0) is 16.0 Å². The minimum atomic E-state index is 0.168. The van der Waals surface area contributed by atoms with Gasteiger partial charge in [0.1, 0.15) is 5.75 Å². The van der Waals surface area contributed by atoms with Crippen LogP contribution < -0.4 is 10.1 Å². The van der Waals surface area contributed by atoms with Crippen molar-refractivity contribution in [2.75, 3.05) is 33.3 Å². The normalized spacial score (nSPS) is 31.3. The van der Waals surface area contributed by atoms with Gasteiger partial charge in [-0.2, -0.15) is 0 Å². The second-order valence-corrected chi connectivity index (χ2v) is 9.91. The third-order valence-electron chi connectivity index (χ3n) is 8.08. The minimum Gasteiger partial charge on any atom is -0.497 e. The topological polar surface area (TPSA) is 61.9 Å². The number of hydrogen-bond acceptors (Lipinski definition) is 4. The molecule has 1 aromatic carbocycles. The Morgan fingerprint density at radius 3 is 2.77 bits per heavy atom. The smallest absolute Gasteiger partial charge is 0.225 e. The molecule has 4 heterocycles. The van der Waals surface area contributed by atoms with Gasteiger partial charge in [-0.15, -0.1) is 0 Å². The van der Waals surface area contributed by atoms with Gasteiger partial charge in [-0.1, -0.05) is 12.1 Å². The molecule has 4 saturated heterocycles. The van der Waals surface area contributed by atoms with Crippen molar-refractivity contribution >= 4 is 11.8 Å². The third-order valence-corrected chi connectivity index (χ3v) is 8.08. The number of nitrogens with zero attached hydrogens (tertiary/aromatic N) is 2. The van der Waals surface area contributed by atoms with E-state index in [0.29, 0.717) is 30.1 Å².